The fourth-order valence-electron chi connectivity index (χ4n) is 2.23. The van der Waals surface area contributed by atoms with Gasteiger partial charge in [-0.05, 0) is 57.9 Å². The summed E-state index contributed by atoms with van der Waals surface area (Å²) in [4.78, 5) is 11.2. The summed E-state index contributed by atoms with van der Waals surface area (Å²) >= 11 is 0. The van der Waals surface area contributed by atoms with Crippen LogP contribution in [0.2, 0.25) is 0 Å². The number of aliphatic hydroxyl groups excluding tert-OH is 1. The van der Waals surface area contributed by atoms with Crippen molar-refractivity contribution < 1.29 is 19.4 Å². The Hall–Kier alpha value is -2.11. The van der Waals surface area contributed by atoms with Crippen molar-refractivity contribution in [3.63, 3.8) is 0 Å². The molecular weight excluding hydrogens is 308 g/mol. The van der Waals surface area contributed by atoms with Gasteiger partial charge in [0.15, 0.2) is 0 Å². The Morgan fingerprint density at radius 2 is 2.04 bits per heavy atom. The highest BCUT2D eigenvalue weighted by molar-refractivity contribution is 5.77. The monoisotopic (exact) mass is 332 g/mol. The Balaban J connectivity index is 1.90. The van der Waals surface area contributed by atoms with Gasteiger partial charge < -0.3 is 19.4 Å². The number of hydrogen-bond donors (Lipinski definition) is 2. The summed E-state index contributed by atoms with van der Waals surface area (Å²) < 4.78 is 10.8. The summed E-state index contributed by atoms with van der Waals surface area (Å²) in [5.41, 5.74) is 0.0894. The van der Waals surface area contributed by atoms with Gasteiger partial charge in [0, 0.05) is 17.5 Å². The maximum atomic E-state index is 11.2. The van der Waals surface area contributed by atoms with Crippen LogP contribution in [-0.2, 0) is 0 Å². The van der Waals surface area contributed by atoms with Gasteiger partial charge in [-0.15, -0.1) is 0 Å². The summed E-state index contributed by atoms with van der Waals surface area (Å²) in [6, 6.07) is 8.45. The minimum absolute atomic E-state index is 0.382. The van der Waals surface area contributed by atoms with Crippen molar-refractivity contribution in [2.45, 2.75) is 45.3 Å². The van der Waals surface area contributed by atoms with Crippen LogP contribution in [0.25, 0.3) is 11.0 Å². The highest BCUT2D eigenvalue weighted by Gasteiger charge is 2.23. The van der Waals surface area contributed by atoms with Gasteiger partial charge in [0.05, 0.1) is 11.7 Å². The molecule has 1 aromatic carbocycles. The van der Waals surface area contributed by atoms with Crippen molar-refractivity contribution in [1.82, 2.24) is 0 Å². The zero-order valence-corrected chi connectivity index (χ0v) is 14.3. The minimum Gasteiger partial charge on any atom is -0.489 e. The van der Waals surface area contributed by atoms with Crippen molar-refractivity contribution in [1.29, 1.82) is 0 Å². The lowest BCUT2D eigenvalue weighted by Crippen LogP contribution is -2.35. The standard InChI is InChI=1S/C19H24O5/c1-13(4-8-17(20)19(2,3)22)10-11-23-15-7-5-14-6-9-18(21)24-16(14)12-15/h5-7,9-10,12,17,20,22H,4,8,11H2,1-3H3/b13-10-/t17-/m1/s1. The summed E-state index contributed by atoms with van der Waals surface area (Å²) in [5.74, 6) is 0.623. The molecule has 0 aliphatic heterocycles. The SMILES string of the molecule is C/C(=C/COc1ccc2ccc(=O)oc2c1)CC[C@@H](O)C(C)(C)O. The van der Waals surface area contributed by atoms with Gasteiger partial charge in [0.2, 0.25) is 0 Å². The molecule has 0 radical (unpaired) electrons. The molecule has 2 N–H and O–H groups in total. The molecule has 0 aliphatic carbocycles. The molecule has 1 heterocycles. The van der Waals surface area contributed by atoms with Gasteiger partial charge in [0.1, 0.15) is 17.9 Å². The second kappa shape index (κ2) is 7.64. The quantitative estimate of drug-likeness (QED) is 0.602. The van der Waals surface area contributed by atoms with E-state index >= 15 is 0 Å². The zero-order valence-electron chi connectivity index (χ0n) is 14.3. The lowest BCUT2D eigenvalue weighted by molar-refractivity contribution is -0.0509. The molecule has 1 aromatic heterocycles. The number of hydrogen-bond acceptors (Lipinski definition) is 5. The van der Waals surface area contributed by atoms with E-state index in [1.807, 2.05) is 25.1 Å². The van der Waals surface area contributed by atoms with Crippen LogP contribution in [0.1, 0.15) is 33.6 Å². The van der Waals surface area contributed by atoms with E-state index in [-0.39, 0.29) is 5.63 Å². The van der Waals surface area contributed by atoms with E-state index in [1.54, 1.807) is 26.0 Å². The maximum Gasteiger partial charge on any atom is 0.336 e. The topological polar surface area (TPSA) is 79.9 Å². The first-order valence-electron chi connectivity index (χ1n) is 7.98. The third-order valence-electron chi connectivity index (χ3n) is 3.90. The van der Waals surface area contributed by atoms with E-state index in [0.717, 1.165) is 11.0 Å². The molecule has 5 nitrogen and oxygen atoms in total. The Morgan fingerprint density at radius 1 is 1.33 bits per heavy atom. The van der Waals surface area contributed by atoms with Crippen LogP contribution in [0.3, 0.4) is 0 Å². The average molecular weight is 332 g/mol. The van der Waals surface area contributed by atoms with Crippen molar-refractivity contribution >= 4 is 11.0 Å². The van der Waals surface area contributed by atoms with Crippen LogP contribution in [0, 0.1) is 0 Å². The first kappa shape index (κ1) is 18.2. The fraction of sp³-hybridized carbons (Fsp3) is 0.421. The highest BCUT2D eigenvalue weighted by atomic mass is 16.5. The summed E-state index contributed by atoms with van der Waals surface area (Å²) in [6.07, 6.45) is 2.35. The predicted molar refractivity (Wildman–Crippen MR) is 93.3 cm³/mol. The fourth-order valence-corrected chi connectivity index (χ4v) is 2.23. The van der Waals surface area contributed by atoms with Gasteiger partial charge in [-0.2, -0.15) is 0 Å². The first-order chi connectivity index (χ1) is 11.3. The second-order valence-electron chi connectivity index (χ2n) is 6.52. The van der Waals surface area contributed by atoms with Crippen LogP contribution in [0.5, 0.6) is 5.75 Å². The van der Waals surface area contributed by atoms with Gasteiger partial charge in [-0.3, -0.25) is 0 Å². The van der Waals surface area contributed by atoms with Gasteiger partial charge in [0.25, 0.3) is 0 Å². The Labute approximate surface area is 141 Å². The summed E-state index contributed by atoms with van der Waals surface area (Å²) in [7, 11) is 0. The van der Waals surface area contributed by atoms with Gasteiger partial charge in [-0.25, -0.2) is 4.79 Å². The zero-order chi connectivity index (χ0) is 17.7. The minimum atomic E-state index is -1.09. The summed E-state index contributed by atoms with van der Waals surface area (Å²) in [6.45, 7) is 5.53. The predicted octanol–water partition coefficient (Wildman–Crippen LogP) is 3.03. The lowest BCUT2D eigenvalue weighted by Gasteiger charge is -2.24. The molecule has 2 rings (SSSR count). The third kappa shape index (κ3) is 5.22. The summed E-state index contributed by atoms with van der Waals surface area (Å²) in [5, 5.41) is 20.4. The number of allylic oxidation sites excluding steroid dienone is 1. The molecule has 0 amide bonds. The third-order valence-corrected chi connectivity index (χ3v) is 3.90. The molecule has 24 heavy (non-hydrogen) atoms. The number of ether oxygens (including phenoxy) is 1. The molecule has 0 spiro atoms. The maximum absolute atomic E-state index is 11.2. The molecule has 5 heteroatoms. The first-order valence-corrected chi connectivity index (χ1v) is 7.98. The van der Waals surface area contributed by atoms with E-state index in [9.17, 15) is 15.0 Å². The van der Waals surface area contributed by atoms with Crippen molar-refractivity contribution in [2.24, 2.45) is 0 Å². The van der Waals surface area contributed by atoms with Crippen molar-refractivity contribution in [3.05, 3.63) is 52.4 Å². The Morgan fingerprint density at radius 3 is 2.75 bits per heavy atom. The molecule has 0 bridgehead atoms. The molecule has 2 aromatic rings. The van der Waals surface area contributed by atoms with Crippen molar-refractivity contribution in [3.8, 4) is 5.75 Å². The van der Waals surface area contributed by atoms with Crippen LogP contribution in [0.4, 0.5) is 0 Å². The molecule has 0 saturated heterocycles. The molecule has 0 aliphatic rings. The Bertz CT molecular complexity index is 767. The van der Waals surface area contributed by atoms with E-state index in [0.29, 0.717) is 30.8 Å². The van der Waals surface area contributed by atoms with E-state index in [4.69, 9.17) is 9.15 Å². The molecule has 0 saturated carbocycles. The highest BCUT2D eigenvalue weighted by Crippen LogP contribution is 2.20. The largest absolute Gasteiger partial charge is 0.489 e. The number of aliphatic hydroxyl groups is 2. The lowest BCUT2D eigenvalue weighted by atomic mass is 9.96. The van der Waals surface area contributed by atoms with Crippen LogP contribution >= 0.6 is 0 Å². The molecule has 0 unspecified atom stereocenters. The van der Waals surface area contributed by atoms with Crippen LogP contribution in [-0.4, -0.2) is 28.5 Å². The van der Waals surface area contributed by atoms with Crippen molar-refractivity contribution in [2.75, 3.05) is 6.61 Å². The number of fused-ring (bicyclic) bond motifs is 1. The van der Waals surface area contributed by atoms with E-state index in [1.165, 1.54) is 6.07 Å². The van der Waals surface area contributed by atoms with E-state index < -0.39 is 11.7 Å². The normalized spacial score (nSPS) is 14.0. The number of benzene rings is 1. The van der Waals surface area contributed by atoms with Crippen LogP contribution < -0.4 is 10.4 Å². The molecule has 130 valence electrons. The van der Waals surface area contributed by atoms with E-state index in [2.05, 4.69) is 0 Å². The average Bonchev–Trinajstić information content (AvgIpc) is 2.51. The smallest absolute Gasteiger partial charge is 0.336 e. The Kier molecular flexibility index (Phi) is 5.80. The number of rotatable bonds is 7. The molecule has 1 atom stereocenters. The van der Waals surface area contributed by atoms with Gasteiger partial charge in [-0.1, -0.05) is 5.57 Å². The molecular formula is C19H24O5. The van der Waals surface area contributed by atoms with Gasteiger partial charge >= 0.3 is 5.63 Å². The molecule has 0 fully saturated rings. The second-order valence-corrected chi connectivity index (χ2v) is 6.52. The van der Waals surface area contributed by atoms with Crippen LogP contribution in [0.15, 0.2) is 51.2 Å².